The molecule has 1 aliphatic heterocycles. The second-order valence-corrected chi connectivity index (χ2v) is 4.01. The van der Waals surface area contributed by atoms with Gasteiger partial charge in [-0.3, -0.25) is 0 Å². The van der Waals surface area contributed by atoms with Crippen LogP contribution < -0.4 is 0 Å². The highest BCUT2D eigenvalue weighted by molar-refractivity contribution is 4.88. The van der Waals surface area contributed by atoms with Gasteiger partial charge in [0.25, 0.3) is 0 Å². The van der Waals surface area contributed by atoms with Crippen LogP contribution in [0.3, 0.4) is 0 Å². The predicted octanol–water partition coefficient (Wildman–Crippen LogP) is 1.43. The maximum Gasteiger partial charge on any atom is 0.0601 e. The molecule has 11 heavy (non-hydrogen) atoms. The summed E-state index contributed by atoms with van der Waals surface area (Å²) in [4.78, 5) is 0. The van der Waals surface area contributed by atoms with E-state index in [1.54, 1.807) is 0 Å². The normalized spacial score (nSPS) is 36.0. The fourth-order valence-electron chi connectivity index (χ4n) is 1.63. The minimum Gasteiger partial charge on any atom is -0.396 e. The van der Waals surface area contributed by atoms with Crippen molar-refractivity contribution >= 4 is 0 Å². The van der Waals surface area contributed by atoms with Crippen LogP contribution in [-0.2, 0) is 4.74 Å². The van der Waals surface area contributed by atoms with Gasteiger partial charge in [0.05, 0.1) is 12.7 Å². The molecule has 0 bridgehead atoms. The van der Waals surface area contributed by atoms with Gasteiger partial charge in [0.15, 0.2) is 0 Å². The van der Waals surface area contributed by atoms with Crippen LogP contribution in [0.2, 0.25) is 0 Å². The zero-order valence-electron chi connectivity index (χ0n) is 7.63. The van der Waals surface area contributed by atoms with Crippen molar-refractivity contribution in [1.29, 1.82) is 0 Å². The summed E-state index contributed by atoms with van der Waals surface area (Å²) in [5, 5.41) is 8.79. The molecule has 0 radical (unpaired) electrons. The molecule has 2 nitrogen and oxygen atoms in total. The van der Waals surface area contributed by atoms with Crippen LogP contribution in [0.4, 0.5) is 0 Å². The Bertz CT molecular complexity index is 130. The fourth-order valence-corrected chi connectivity index (χ4v) is 1.63. The van der Waals surface area contributed by atoms with E-state index in [9.17, 15) is 0 Å². The van der Waals surface area contributed by atoms with Gasteiger partial charge in [-0.2, -0.15) is 0 Å². The van der Waals surface area contributed by atoms with E-state index in [1.165, 1.54) is 0 Å². The van der Waals surface area contributed by atoms with Gasteiger partial charge < -0.3 is 9.84 Å². The number of aliphatic hydroxyl groups is 1. The Balaban J connectivity index is 2.55. The number of hydrogen-bond donors (Lipinski definition) is 1. The molecular formula is C9H18O2. The summed E-state index contributed by atoms with van der Waals surface area (Å²) in [6.07, 6.45) is 1.20. The Hall–Kier alpha value is -0.0800. The summed E-state index contributed by atoms with van der Waals surface area (Å²) in [5.41, 5.74) is 0.239. The molecule has 0 aliphatic carbocycles. The number of aliphatic hydroxyl groups excluding tert-OH is 1. The van der Waals surface area contributed by atoms with Gasteiger partial charge >= 0.3 is 0 Å². The van der Waals surface area contributed by atoms with E-state index in [-0.39, 0.29) is 12.0 Å². The van der Waals surface area contributed by atoms with Crippen LogP contribution >= 0.6 is 0 Å². The zero-order valence-corrected chi connectivity index (χ0v) is 7.63. The third-order valence-corrected chi connectivity index (χ3v) is 3.12. The van der Waals surface area contributed by atoms with Crippen LogP contribution in [0.15, 0.2) is 0 Å². The summed E-state index contributed by atoms with van der Waals surface area (Å²) in [6.45, 7) is 7.63. The molecule has 2 atom stereocenters. The molecule has 0 unspecified atom stereocenters. The third kappa shape index (κ3) is 1.57. The highest BCUT2D eigenvalue weighted by atomic mass is 16.5. The van der Waals surface area contributed by atoms with Crippen molar-refractivity contribution in [3.63, 3.8) is 0 Å². The van der Waals surface area contributed by atoms with Gasteiger partial charge in [0.2, 0.25) is 0 Å². The molecule has 1 aliphatic rings. The average molecular weight is 158 g/mol. The minimum absolute atomic E-state index is 0.239. The molecule has 1 heterocycles. The van der Waals surface area contributed by atoms with E-state index >= 15 is 0 Å². The van der Waals surface area contributed by atoms with Crippen molar-refractivity contribution in [1.82, 2.24) is 0 Å². The SMILES string of the molecule is C[C@@H]1OC[C@@H](CCO)C1(C)C. The lowest BCUT2D eigenvalue weighted by Crippen LogP contribution is -2.28. The van der Waals surface area contributed by atoms with Crippen molar-refractivity contribution in [3.8, 4) is 0 Å². The second-order valence-electron chi connectivity index (χ2n) is 4.01. The van der Waals surface area contributed by atoms with Gasteiger partial charge in [-0.05, 0) is 24.7 Å². The molecule has 0 saturated carbocycles. The molecule has 0 spiro atoms. The maximum absolute atomic E-state index is 8.79. The highest BCUT2D eigenvalue weighted by Gasteiger charge is 2.40. The van der Waals surface area contributed by atoms with Gasteiger partial charge in [-0.15, -0.1) is 0 Å². The van der Waals surface area contributed by atoms with E-state index < -0.39 is 0 Å². The van der Waals surface area contributed by atoms with Crippen LogP contribution in [0.1, 0.15) is 27.2 Å². The van der Waals surface area contributed by atoms with Gasteiger partial charge in [0.1, 0.15) is 0 Å². The van der Waals surface area contributed by atoms with E-state index in [4.69, 9.17) is 9.84 Å². The molecule has 66 valence electrons. The summed E-state index contributed by atoms with van der Waals surface area (Å²) in [7, 11) is 0. The molecule has 0 amide bonds. The van der Waals surface area contributed by atoms with Gasteiger partial charge in [0, 0.05) is 6.61 Å². The highest BCUT2D eigenvalue weighted by Crippen LogP contribution is 2.40. The van der Waals surface area contributed by atoms with Crippen LogP contribution in [0, 0.1) is 11.3 Å². The molecule has 0 aromatic heterocycles. The van der Waals surface area contributed by atoms with Crippen molar-refractivity contribution in [2.45, 2.75) is 33.3 Å². The first kappa shape index (κ1) is 9.01. The summed E-state index contributed by atoms with van der Waals surface area (Å²) < 4.78 is 5.52. The molecule has 0 aromatic carbocycles. The second kappa shape index (κ2) is 3.11. The average Bonchev–Trinajstić information content (AvgIpc) is 2.16. The lowest BCUT2D eigenvalue weighted by Gasteiger charge is -2.28. The molecule has 1 rings (SSSR count). The largest absolute Gasteiger partial charge is 0.396 e. The fraction of sp³-hybridized carbons (Fsp3) is 1.00. The van der Waals surface area contributed by atoms with E-state index in [2.05, 4.69) is 20.8 Å². The molecule has 1 fully saturated rings. The van der Waals surface area contributed by atoms with Crippen molar-refractivity contribution in [2.24, 2.45) is 11.3 Å². The first-order chi connectivity index (χ1) is 5.09. The molecule has 0 aromatic rings. The minimum atomic E-state index is 0.239. The molecule has 1 N–H and O–H groups in total. The number of rotatable bonds is 2. The molecular weight excluding hydrogens is 140 g/mol. The van der Waals surface area contributed by atoms with Gasteiger partial charge in [-0.25, -0.2) is 0 Å². The maximum atomic E-state index is 8.79. The van der Waals surface area contributed by atoms with Crippen LogP contribution in [-0.4, -0.2) is 24.4 Å². The Morgan fingerprint density at radius 1 is 1.55 bits per heavy atom. The Labute approximate surface area is 68.6 Å². The van der Waals surface area contributed by atoms with Crippen molar-refractivity contribution in [2.75, 3.05) is 13.2 Å². The monoisotopic (exact) mass is 158 g/mol. The van der Waals surface area contributed by atoms with E-state index in [0.717, 1.165) is 13.0 Å². The summed E-state index contributed by atoms with van der Waals surface area (Å²) >= 11 is 0. The van der Waals surface area contributed by atoms with Gasteiger partial charge in [-0.1, -0.05) is 13.8 Å². The van der Waals surface area contributed by atoms with Crippen molar-refractivity contribution < 1.29 is 9.84 Å². The first-order valence-corrected chi connectivity index (χ1v) is 4.31. The third-order valence-electron chi connectivity index (χ3n) is 3.12. The quantitative estimate of drug-likeness (QED) is 0.658. The smallest absolute Gasteiger partial charge is 0.0601 e. The van der Waals surface area contributed by atoms with E-state index in [0.29, 0.717) is 12.0 Å². The van der Waals surface area contributed by atoms with Crippen molar-refractivity contribution in [3.05, 3.63) is 0 Å². The topological polar surface area (TPSA) is 29.5 Å². The Morgan fingerprint density at radius 3 is 2.55 bits per heavy atom. The van der Waals surface area contributed by atoms with E-state index in [1.807, 2.05) is 0 Å². The predicted molar refractivity (Wildman–Crippen MR) is 44.4 cm³/mol. The standard InChI is InChI=1S/C9H18O2/c1-7-9(2,3)8(4-5-10)6-11-7/h7-8,10H,4-6H2,1-3H3/t7-,8+/m0/s1. The molecule has 1 saturated heterocycles. The zero-order chi connectivity index (χ0) is 8.48. The molecule has 2 heteroatoms. The summed E-state index contributed by atoms with van der Waals surface area (Å²) in [6, 6.07) is 0. The lowest BCUT2D eigenvalue weighted by atomic mass is 9.76. The first-order valence-electron chi connectivity index (χ1n) is 4.31. The number of ether oxygens (including phenoxy) is 1. The van der Waals surface area contributed by atoms with Crippen LogP contribution in [0.5, 0.6) is 0 Å². The summed E-state index contributed by atoms with van der Waals surface area (Å²) in [5.74, 6) is 0.530. The Morgan fingerprint density at radius 2 is 2.18 bits per heavy atom. The Kier molecular flexibility index (Phi) is 2.55. The number of hydrogen-bond acceptors (Lipinski definition) is 2. The van der Waals surface area contributed by atoms with Crippen LogP contribution in [0.25, 0.3) is 0 Å². The lowest BCUT2D eigenvalue weighted by molar-refractivity contribution is 0.0788.